The number of hydrogen-bond acceptors (Lipinski definition) is 5. The van der Waals surface area contributed by atoms with Crippen molar-refractivity contribution >= 4 is 44.5 Å². The zero-order valence-corrected chi connectivity index (χ0v) is 18.8. The molecule has 32 heavy (non-hydrogen) atoms. The smallest absolute Gasteiger partial charge is 0.411 e. The third kappa shape index (κ3) is 4.84. The number of benzene rings is 3. The predicted molar refractivity (Wildman–Crippen MR) is 125 cm³/mol. The summed E-state index contributed by atoms with van der Waals surface area (Å²) in [5.41, 5.74) is 2.21. The van der Waals surface area contributed by atoms with Gasteiger partial charge in [0.25, 0.3) is 0 Å². The average molecular weight is 494 g/mol. The number of amides is 1. The summed E-state index contributed by atoms with van der Waals surface area (Å²) in [5.74, 6) is 0.312. The molecule has 1 amide bonds. The predicted octanol–water partition coefficient (Wildman–Crippen LogP) is 6.57. The Morgan fingerprint density at radius 3 is 2.47 bits per heavy atom. The maximum atomic E-state index is 13.2. The van der Waals surface area contributed by atoms with Crippen LogP contribution in [0.1, 0.15) is 28.6 Å². The molecule has 3 aromatic carbocycles. The topological polar surface area (TPSA) is 77.8 Å². The van der Waals surface area contributed by atoms with Crippen LogP contribution >= 0.6 is 15.9 Å². The Bertz CT molecular complexity index is 1250. The molecular formula is C25H20BrNO5. The van der Waals surface area contributed by atoms with Crippen molar-refractivity contribution in [2.75, 3.05) is 11.9 Å². The van der Waals surface area contributed by atoms with Gasteiger partial charge >= 0.3 is 6.09 Å². The molecule has 0 aliphatic rings. The summed E-state index contributed by atoms with van der Waals surface area (Å²) in [6.07, 6.45) is -0.658. The lowest BCUT2D eigenvalue weighted by molar-refractivity contribution is 0.101. The van der Waals surface area contributed by atoms with Crippen molar-refractivity contribution in [3.05, 3.63) is 94.2 Å². The fraction of sp³-hybridized carbons (Fsp3) is 0.120. The first-order valence-corrected chi connectivity index (χ1v) is 10.8. The van der Waals surface area contributed by atoms with E-state index in [1.807, 2.05) is 30.3 Å². The van der Waals surface area contributed by atoms with Crippen molar-refractivity contribution in [3.63, 3.8) is 0 Å². The summed E-state index contributed by atoms with van der Waals surface area (Å²) in [4.78, 5) is 25.3. The van der Waals surface area contributed by atoms with Gasteiger partial charge in [0.2, 0.25) is 5.78 Å². The largest absolute Gasteiger partial charge is 0.489 e. The number of fused-ring (bicyclic) bond motifs is 1. The van der Waals surface area contributed by atoms with Gasteiger partial charge in [0, 0.05) is 15.4 Å². The monoisotopic (exact) mass is 493 g/mol. The Kier molecular flexibility index (Phi) is 6.56. The molecule has 6 nitrogen and oxygen atoms in total. The molecule has 1 N–H and O–H groups in total. The van der Waals surface area contributed by atoms with E-state index in [1.165, 1.54) is 0 Å². The molecule has 1 aromatic heterocycles. The molecule has 0 aliphatic heterocycles. The highest BCUT2D eigenvalue weighted by atomic mass is 79.9. The van der Waals surface area contributed by atoms with Gasteiger partial charge in [-0.05, 0) is 55.0 Å². The molecule has 0 fully saturated rings. The third-order valence-corrected chi connectivity index (χ3v) is 5.22. The Balaban J connectivity index is 1.59. The minimum absolute atomic E-state index is 0.0316. The minimum Gasteiger partial charge on any atom is -0.489 e. The Hall–Kier alpha value is -3.58. The number of anilines is 1. The number of ketones is 1. The van der Waals surface area contributed by atoms with Crippen molar-refractivity contribution in [2.45, 2.75) is 13.5 Å². The second kappa shape index (κ2) is 9.70. The molecule has 0 aliphatic carbocycles. The van der Waals surface area contributed by atoms with Crippen molar-refractivity contribution < 1.29 is 23.5 Å². The molecule has 0 spiro atoms. The van der Waals surface area contributed by atoms with E-state index in [4.69, 9.17) is 13.9 Å². The van der Waals surface area contributed by atoms with Gasteiger partial charge in [-0.1, -0.05) is 46.3 Å². The Morgan fingerprint density at radius 2 is 1.75 bits per heavy atom. The van der Waals surface area contributed by atoms with Gasteiger partial charge in [0.05, 0.1) is 6.61 Å². The molecule has 1 heterocycles. The van der Waals surface area contributed by atoms with Gasteiger partial charge in [0.1, 0.15) is 23.6 Å². The normalized spacial score (nSPS) is 10.7. The van der Waals surface area contributed by atoms with Crippen LogP contribution in [0, 0.1) is 0 Å². The maximum Gasteiger partial charge on any atom is 0.411 e. The zero-order chi connectivity index (χ0) is 22.5. The van der Waals surface area contributed by atoms with E-state index in [9.17, 15) is 9.59 Å². The number of halogens is 1. The summed E-state index contributed by atoms with van der Waals surface area (Å²) in [6, 6.07) is 21.9. The minimum atomic E-state index is -0.658. The zero-order valence-electron chi connectivity index (χ0n) is 17.3. The number of rotatable bonds is 7. The third-order valence-electron chi connectivity index (χ3n) is 4.72. The van der Waals surface area contributed by atoms with Crippen LogP contribution in [0.25, 0.3) is 11.0 Å². The summed E-state index contributed by atoms with van der Waals surface area (Å²) >= 11 is 3.41. The molecule has 162 valence electrons. The first-order chi connectivity index (χ1) is 15.5. The highest BCUT2D eigenvalue weighted by Crippen LogP contribution is 2.34. The maximum absolute atomic E-state index is 13.2. The number of ether oxygens (including phenoxy) is 2. The SMILES string of the molecule is CCOC(=O)Nc1c(C(=O)c2ccc(OCc3ccccc3)cc2)oc2ccc(Br)cc12. The van der Waals surface area contributed by atoms with Crippen molar-refractivity contribution in [1.82, 2.24) is 0 Å². The van der Waals surface area contributed by atoms with E-state index in [-0.39, 0.29) is 23.8 Å². The van der Waals surface area contributed by atoms with Crippen LogP contribution in [0.4, 0.5) is 10.5 Å². The van der Waals surface area contributed by atoms with Crippen LogP contribution in [0.3, 0.4) is 0 Å². The molecule has 0 saturated carbocycles. The van der Waals surface area contributed by atoms with Gasteiger partial charge < -0.3 is 13.9 Å². The number of carbonyl (C=O) groups excluding carboxylic acids is 2. The van der Waals surface area contributed by atoms with Gasteiger partial charge in [-0.15, -0.1) is 0 Å². The first kappa shape index (κ1) is 21.6. The molecular weight excluding hydrogens is 474 g/mol. The van der Waals surface area contributed by atoms with E-state index < -0.39 is 6.09 Å². The molecule has 0 unspecified atom stereocenters. The van der Waals surface area contributed by atoms with Crippen molar-refractivity contribution in [2.24, 2.45) is 0 Å². The molecule has 0 saturated heterocycles. The lowest BCUT2D eigenvalue weighted by Gasteiger charge is -2.08. The van der Waals surface area contributed by atoms with Crippen molar-refractivity contribution in [3.8, 4) is 5.75 Å². The summed E-state index contributed by atoms with van der Waals surface area (Å²) in [6.45, 7) is 2.34. The van der Waals surface area contributed by atoms with E-state index in [2.05, 4.69) is 21.2 Å². The summed E-state index contributed by atoms with van der Waals surface area (Å²) < 4.78 is 17.4. The average Bonchev–Trinajstić information content (AvgIpc) is 3.15. The lowest BCUT2D eigenvalue weighted by atomic mass is 10.1. The van der Waals surface area contributed by atoms with E-state index in [0.29, 0.717) is 28.9 Å². The Morgan fingerprint density at radius 1 is 1.00 bits per heavy atom. The number of hydrogen-bond donors (Lipinski definition) is 1. The molecule has 0 bridgehead atoms. The second-order valence-corrected chi connectivity index (χ2v) is 7.84. The molecule has 7 heteroatoms. The van der Waals surface area contributed by atoms with E-state index in [1.54, 1.807) is 49.4 Å². The standard InChI is InChI=1S/C25H20BrNO5/c1-2-30-25(29)27-22-20-14-18(26)10-13-21(20)32-24(22)23(28)17-8-11-19(12-9-17)31-15-16-6-4-3-5-7-16/h3-14H,2,15H2,1H3,(H,27,29). The van der Waals surface area contributed by atoms with Crippen LogP contribution in [0.2, 0.25) is 0 Å². The molecule has 0 atom stereocenters. The van der Waals surface area contributed by atoms with Crippen LogP contribution in [-0.2, 0) is 11.3 Å². The summed E-state index contributed by atoms with van der Waals surface area (Å²) in [5, 5.41) is 3.24. The van der Waals surface area contributed by atoms with Gasteiger partial charge in [-0.25, -0.2) is 4.79 Å². The number of nitrogens with one attached hydrogen (secondary N) is 1. The summed E-state index contributed by atoms with van der Waals surface area (Å²) in [7, 11) is 0. The highest BCUT2D eigenvalue weighted by molar-refractivity contribution is 9.10. The Labute approximate surface area is 193 Å². The van der Waals surface area contributed by atoms with Crippen molar-refractivity contribution in [1.29, 1.82) is 0 Å². The fourth-order valence-electron chi connectivity index (χ4n) is 3.20. The van der Waals surface area contributed by atoms with Gasteiger partial charge in [-0.2, -0.15) is 0 Å². The van der Waals surface area contributed by atoms with Crippen LogP contribution in [0.5, 0.6) is 5.75 Å². The van der Waals surface area contributed by atoms with Crippen LogP contribution in [-0.4, -0.2) is 18.5 Å². The number of furan rings is 1. The lowest BCUT2D eigenvalue weighted by Crippen LogP contribution is -2.15. The number of carbonyl (C=O) groups is 2. The second-order valence-electron chi connectivity index (χ2n) is 6.92. The van der Waals surface area contributed by atoms with Gasteiger partial charge in [0.15, 0.2) is 5.76 Å². The van der Waals surface area contributed by atoms with Gasteiger partial charge in [-0.3, -0.25) is 10.1 Å². The molecule has 4 aromatic rings. The quantitative estimate of drug-likeness (QED) is 0.294. The fourth-order valence-corrected chi connectivity index (χ4v) is 3.56. The molecule has 4 rings (SSSR count). The first-order valence-electron chi connectivity index (χ1n) is 10.0. The van der Waals surface area contributed by atoms with Crippen LogP contribution < -0.4 is 10.1 Å². The highest BCUT2D eigenvalue weighted by Gasteiger charge is 2.24. The molecule has 0 radical (unpaired) electrons. The van der Waals surface area contributed by atoms with E-state index >= 15 is 0 Å². The van der Waals surface area contributed by atoms with Crippen LogP contribution in [0.15, 0.2) is 81.7 Å². The van der Waals surface area contributed by atoms with E-state index in [0.717, 1.165) is 10.0 Å².